The topological polar surface area (TPSA) is 61.9 Å². The van der Waals surface area contributed by atoms with Crippen molar-refractivity contribution in [3.8, 4) is 0 Å². The Morgan fingerprint density at radius 3 is 1.17 bits per heavy atom. The molecule has 0 rings (SSSR count). The number of likely N-dealkylation sites (N-methyl/N-ethyl adjacent to an activating group) is 2. The van der Waals surface area contributed by atoms with Gasteiger partial charge in [-0.2, -0.15) is 0 Å². The van der Waals surface area contributed by atoms with E-state index in [4.69, 9.17) is 26.6 Å². The summed E-state index contributed by atoms with van der Waals surface area (Å²) in [7, 11) is 9.14. The Hall–Kier alpha value is 1.51. The Kier molecular flexibility index (Phi) is 25.3. The zero-order valence-electron chi connectivity index (χ0n) is 23.9. The van der Waals surface area contributed by atoms with Crippen LogP contribution in [0.1, 0.15) is 40.5 Å². The van der Waals surface area contributed by atoms with E-state index >= 15 is 0 Å². The van der Waals surface area contributed by atoms with Crippen LogP contribution in [-0.4, -0.2) is 120 Å². The molecule has 0 aromatic heterocycles. The van der Waals surface area contributed by atoms with Gasteiger partial charge in [0.1, 0.15) is 0 Å². The van der Waals surface area contributed by atoms with Gasteiger partial charge in [-0.25, -0.2) is 0 Å². The van der Waals surface area contributed by atoms with Gasteiger partial charge < -0.3 is 36.4 Å². The van der Waals surface area contributed by atoms with Gasteiger partial charge in [0.15, 0.2) is 0 Å². The number of nitrogens with zero attached hydrogens (tertiary/aromatic N) is 2. The molecule has 0 aromatic rings. The predicted octanol–water partition coefficient (Wildman–Crippen LogP) is 5.62. The lowest BCUT2D eigenvalue weighted by Gasteiger charge is -2.28. The average Bonchev–Trinajstić information content (AvgIpc) is 2.92. The number of hydrogen-bond donors (Lipinski definition) is 0. The van der Waals surface area contributed by atoms with E-state index < -0.39 is 17.6 Å². The maximum Gasteiger partial charge on any atom is 0.500 e. The van der Waals surface area contributed by atoms with Crippen molar-refractivity contribution < 1.29 is 26.6 Å². The molecule has 0 saturated heterocycles. The largest absolute Gasteiger partial charge is 0.500 e. The fraction of sp³-hybridized carbons (Fsp3) is 1.00. The molecule has 14 heteroatoms. The monoisotopic (exact) mass is 624 g/mol. The van der Waals surface area contributed by atoms with E-state index in [2.05, 4.69) is 37.5 Å². The van der Waals surface area contributed by atoms with Crippen molar-refractivity contribution >= 4 is 58.8 Å². The summed E-state index contributed by atoms with van der Waals surface area (Å²) in [4.78, 5) is 4.69. The third-order valence-corrected chi connectivity index (χ3v) is 18.4. The van der Waals surface area contributed by atoms with Gasteiger partial charge in [-0.05, 0) is 58.7 Å². The molecule has 0 bridgehead atoms. The second-order valence-corrected chi connectivity index (χ2v) is 20.1. The van der Waals surface area contributed by atoms with Crippen LogP contribution in [0, 0.1) is 0 Å². The van der Waals surface area contributed by atoms with Gasteiger partial charge in [-0.15, -0.1) is 0 Å². The minimum Gasteiger partial charge on any atom is -0.377 e. The van der Waals surface area contributed by atoms with Crippen LogP contribution in [-0.2, 0) is 26.6 Å². The Balaban J connectivity index is 4.03. The van der Waals surface area contributed by atoms with Crippen molar-refractivity contribution in [1.29, 1.82) is 0 Å². The lowest BCUT2D eigenvalue weighted by Crippen LogP contribution is -2.45. The maximum absolute atomic E-state index is 6.13. The summed E-state index contributed by atoms with van der Waals surface area (Å²) in [6.07, 6.45) is 2.03. The van der Waals surface area contributed by atoms with Crippen LogP contribution in [0.3, 0.4) is 0 Å². The first kappa shape index (κ1) is 37.5. The molecule has 0 aliphatic carbocycles. The standard InChI is InChI=1S/C22H52N2O6S4Si2/c1-9-23(10-2)15-17-29-35(25-5,26-6)21-13-19-31-33-34-32-20-14-22-36(27-7,28-8)30-18-16-24(11-3)12-4/h9-22H2,1-8H3. The van der Waals surface area contributed by atoms with Gasteiger partial charge in [0.05, 0.1) is 13.2 Å². The van der Waals surface area contributed by atoms with Gasteiger partial charge in [-0.1, -0.05) is 49.3 Å². The van der Waals surface area contributed by atoms with E-state index in [1.807, 2.05) is 41.2 Å². The Labute approximate surface area is 239 Å². The zero-order valence-corrected chi connectivity index (χ0v) is 29.1. The van der Waals surface area contributed by atoms with E-state index in [9.17, 15) is 0 Å². The molecule has 0 spiro atoms. The summed E-state index contributed by atoms with van der Waals surface area (Å²) in [5.41, 5.74) is 0. The van der Waals surface area contributed by atoms with Crippen molar-refractivity contribution in [2.24, 2.45) is 0 Å². The SMILES string of the molecule is CCN(CC)CCO[Si](CCCSSSSCCC[Si](OC)(OC)OCCN(CC)CC)(OC)OC. The molecule has 0 N–H and O–H groups in total. The van der Waals surface area contributed by atoms with Crippen molar-refractivity contribution in [3.05, 3.63) is 0 Å². The minimum atomic E-state index is -2.56. The highest BCUT2D eigenvalue weighted by atomic mass is 33.7. The van der Waals surface area contributed by atoms with Gasteiger partial charge in [0.25, 0.3) is 0 Å². The van der Waals surface area contributed by atoms with Crippen LogP contribution in [0.15, 0.2) is 0 Å². The minimum absolute atomic E-state index is 0.654. The number of hydrogen-bond acceptors (Lipinski definition) is 12. The third-order valence-electron chi connectivity index (χ3n) is 6.04. The summed E-state index contributed by atoms with van der Waals surface area (Å²) in [6, 6.07) is 1.69. The second kappa shape index (κ2) is 24.3. The molecular weight excluding hydrogens is 573 g/mol. The van der Waals surface area contributed by atoms with Crippen molar-refractivity contribution in [3.63, 3.8) is 0 Å². The maximum atomic E-state index is 6.13. The highest BCUT2D eigenvalue weighted by molar-refractivity contribution is 9.26. The first-order valence-electron chi connectivity index (χ1n) is 12.9. The molecular formula is C22H52N2O6S4Si2. The first-order chi connectivity index (χ1) is 17.4. The highest BCUT2D eigenvalue weighted by Gasteiger charge is 2.39. The molecule has 0 amide bonds. The van der Waals surface area contributed by atoms with Crippen LogP contribution in [0.4, 0.5) is 0 Å². The molecule has 0 fully saturated rings. The van der Waals surface area contributed by atoms with Gasteiger partial charge >= 0.3 is 17.6 Å². The van der Waals surface area contributed by atoms with Crippen molar-refractivity contribution in [2.45, 2.75) is 52.6 Å². The average molecular weight is 625 g/mol. The molecule has 0 radical (unpaired) electrons. The molecule has 0 heterocycles. The van der Waals surface area contributed by atoms with Crippen LogP contribution < -0.4 is 0 Å². The molecule has 0 unspecified atom stereocenters. The fourth-order valence-electron chi connectivity index (χ4n) is 3.50. The van der Waals surface area contributed by atoms with Crippen LogP contribution >= 0.6 is 41.2 Å². The highest BCUT2D eigenvalue weighted by Crippen LogP contribution is 2.44. The van der Waals surface area contributed by atoms with E-state index in [-0.39, 0.29) is 0 Å². The third kappa shape index (κ3) is 16.6. The normalized spacial score (nSPS) is 12.8. The predicted molar refractivity (Wildman–Crippen MR) is 166 cm³/mol. The Bertz CT molecular complexity index is 451. The lowest BCUT2D eigenvalue weighted by molar-refractivity contribution is 0.0860. The van der Waals surface area contributed by atoms with Crippen molar-refractivity contribution in [2.75, 3.05) is 92.4 Å². The summed E-state index contributed by atoms with van der Waals surface area (Å²) in [5.74, 6) is 2.09. The molecule has 0 aromatic carbocycles. The van der Waals surface area contributed by atoms with Crippen LogP contribution in [0.25, 0.3) is 0 Å². The molecule has 0 aliphatic heterocycles. The molecule has 0 saturated carbocycles. The second-order valence-electron chi connectivity index (χ2n) is 7.92. The summed E-state index contributed by atoms with van der Waals surface area (Å²) >= 11 is 0. The lowest BCUT2D eigenvalue weighted by atomic mass is 10.5. The fourth-order valence-corrected chi connectivity index (χ4v) is 14.1. The first-order valence-corrected chi connectivity index (χ1v) is 22.0. The van der Waals surface area contributed by atoms with Crippen LogP contribution in [0.2, 0.25) is 12.1 Å². The molecule has 8 nitrogen and oxygen atoms in total. The molecule has 218 valence electrons. The van der Waals surface area contributed by atoms with Gasteiger partial charge in [0, 0.05) is 65.1 Å². The molecule has 0 atom stereocenters. The Morgan fingerprint density at radius 1 is 0.556 bits per heavy atom. The van der Waals surface area contributed by atoms with Crippen molar-refractivity contribution in [1.82, 2.24) is 9.80 Å². The van der Waals surface area contributed by atoms with E-state index in [1.165, 1.54) is 0 Å². The van der Waals surface area contributed by atoms with E-state index in [1.54, 1.807) is 28.4 Å². The Morgan fingerprint density at radius 2 is 0.889 bits per heavy atom. The van der Waals surface area contributed by atoms with Crippen LogP contribution in [0.5, 0.6) is 0 Å². The smallest absolute Gasteiger partial charge is 0.377 e. The summed E-state index contributed by atoms with van der Waals surface area (Å²) < 4.78 is 35.1. The van der Waals surface area contributed by atoms with Gasteiger partial charge in [0.2, 0.25) is 0 Å². The molecule has 0 aliphatic rings. The van der Waals surface area contributed by atoms with Gasteiger partial charge in [-0.3, -0.25) is 0 Å². The van der Waals surface area contributed by atoms with E-state index in [0.717, 1.165) is 75.7 Å². The molecule has 36 heavy (non-hydrogen) atoms. The summed E-state index contributed by atoms with van der Waals surface area (Å²) in [6.45, 7) is 15.9. The van der Waals surface area contributed by atoms with E-state index in [0.29, 0.717) is 13.2 Å². The summed E-state index contributed by atoms with van der Waals surface area (Å²) in [5, 5.41) is 0. The zero-order chi connectivity index (χ0) is 27.1. The number of rotatable bonds is 27. The quantitative estimate of drug-likeness (QED) is 0.0647.